The summed E-state index contributed by atoms with van der Waals surface area (Å²) in [5.41, 5.74) is 0.817. The lowest BCUT2D eigenvalue weighted by Gasteiger charge is -2.01. The zero-order chi connectivity index (χ0) is 13.2. The van der Waals surface area contributed by atoms with E-state index in [2.05, 4.69) is 12.2 Å². The molecule has 1 N–H and O–H groups in total. The molecule has 98 valence electrons. The van der Waals surface area contributed by atoms with Crippen LogP contribution in [0.15, 0.2) is 30.3 Å². The van der Waals surface area contributed by atoms with Gasteiger partial charge in [0.2, 0.25) is 5.91 Å². The van der Waals surface area contributed by atoms with E-state index in [4.69, 9.17) is 0 Å². The summed E-state index contributed by atoms with van der Waals surface area (Å²) in [5.74, 6) is -0.372. The fourth-order valence-corrected chi connectivity index (χ4v) is 1.57. The largest absolute Gasteiger partial charge is 0.353 e. The quantitative estimate of drug-likeness (QED) is 0.581. The fraction of sp³-hybridized carbons (Fsp3) is 0.400. The first kappa shape index (κ1) is 14.4. The Morgan fingerprint density at radius 3 is 2.61 bits per heavy atom. The van der Waals surface area contributed by atoms with Crippen LogP contribution in [0.25, 0.3) is 6.08 Å². The summed E-state index contributed by atoms with van der Waals surface area (Å²) in [5, 5.41) is 2.82. The lowest BCUT2D eigenvalue weighted by molar-refractivity contribution is -0.116. The van der Waals surface area contributed by atoms with Gasteiger partial charge in [-0.2, -0.15) is 0 Å². The summed E-state index contributed by atoms with van der Waals surface area (Å²) in [6.07, 6.45) is 7.73. The highest BCUT2D eigenvalue weighted by Crippen LogP contribution is 2.04. The van der Waals surface area contributed by atoms with Crippen molar-refractivity contribution >= 4 is 12.0 Å². The fourth-order valence-electron chi connectivity index (χ4n) is 1.57. The summed E-state index contributed by atoms with van der Waals surface area (Å²) in [4.78, 5) is 11.4. The number of amides is 1. The van der Waals surface area contributed by atoms with Gasteiger partial charge in [0.25, 0.3) is 0 Å². The van der Waals surface area contributed by atoms with Crippen molar-refractivity contribution in [1.29, 1.82) is 0 Å². The molecule has 0 bridgehead atoms. The Morgan fingerprint density at radius 1 is 1.22 bits per heavy atom. The predicted octanol–water partition coefficient (Wildman–Crippen LogP) is 3.54. The highest BCUT2D eigenvalue weighted by Gasteiger charge is 1.95. The molecule has 0 spiro atoms. The molecule has 0 saturated carbocycles. The second-order valence-corrected chi connectivity index (χ2v) is 4.24. The van der Waals surface area contributed by atoms with Gasteiger partial charge in [-0.25, -0.2) is 4.39 Å². The first-order valence-corrected chi connectivity index (χ1v) is 6.44. The Morgan fingerprint density at radius 2 is 1.94 bits per heavy atom. The number of carbonyl (C=O) groups is 1. The second kappa shape index (κ2) is 8.45. The van der Waals surface area contributed by atoms with Crippen LogP contribution in [0, 0.1) is 5.82 Å². The van der Waals surface area contributed by atoms with Crippen molar-refractivity contribution in [2.45, 2.75) is 32.6 Å². The van der Waals surface area contributed by atoms with Gasteiger partial charge in [0.05, 0.1) is 0 Å². The molecule has 0 saturated heterocycles. The number of hydrogen-bond acceptors (Lipinski definition) is 1. The Labute approximate surface area is 108 Å². The molecule has 2 nitrogen and oxygen atoms in total. The molecule has 0 aliphatic rings. The van der Waals surface area contributed by atoms with Crippen LogP contribution in [0.4, 0.5) is 4.39 Å². The molecule has 1 aromatic rings. The molecule has 0 aliphatic heterocycles. The Hall–Kier alpha value is -1.64. The molecule has 1 rings (SSSR count). The van der Waals surface area contributed by atoms with Gasteiger partial charge >= 0.3 is 0 Å². The van der Waals surface area contributed by atoms with Gasteiger partial charge in [-0.3, -0.25) is 4.79 Å². The van der Waals surface area contributed by atoms with Crippen molar-refractivity contribution < 1.29 is 9.18 Å². The third kappa shape index (κ3) is 6.18. The maximum absolute atomic E-state index is 12.7. The standard InChI is InChI=1S/C15H20FNO/c1-2-3-4-5-12-17-15(18)11-8-13-6-9-14(16)10-7-13/h6-11H,2-5,12H2,1H3,(H,17,18). The van der Waals surface area contributed by atoms with Gasteiger partial charge in [0.1, 0.15) is 5.82 Å². The van der Waals surface area contributed by atoms with Crippen molar-refractivity contribution in [3.05, 3.63) is 41.7 Å². The topological polar surface area (TPSA) is 29.1 Å². The van der Waals surface area contributed by atoms with E-state index in [1.165, 1.54) is 31.1 Å². The Bertz CT molecular complexity index is 384. The number of halogens is 1. The SMILES string of the molecule is CCCCCCNC(=O)C=Cc1ccc(F)cc1. The monoisotopic (exact) mass is 249 g/mol. The van der Waals surface area contributed by atoms with Crippen LogP contribution in [0.1, 0.15) is 38.2 Å². The van der Waals surface area contributed by atoms with Crippen LogP contribution in [0.5, 0.6) is 0 Å². The van der Waals surface area contributed by atoms with Gasteiger partial charge in [0.15, 0.2) is 0 Å². The minimum Gasteiger partial charge on any atom is -0.353 e. The Balaban J connectivity index is 2.25. The van der Waals surface area contributed by atoms with Gasteiger partial charge in [-0.05, 0) is 30.2 Å². The average molecular weight is 249 g/mol. The van der Waals surface area contributed by atoms with Crippen LogP contribution in [-0.4, -0.2) is 12.5 Å². The van der Waals surface area contributed by atoms with Gasteiger partial charge in [-0.1, -0.05) is 38.3 Å². The number of rotatable bonds is 7. The van der Waals surface area contributed by atoms with Crippen molar-refractivity contribution in [3.63, 3.8) is 0 Å². The van der Waals surface area contributed by atoms with Crippen LogP contribution >= 0.6 is 0 Å². The normalized spacial score (nSPS) is 10.8. The van der Waals surface area contributed by atoms with Crippen LogP contribution < -0.4 is 5.32 Å². The van der Waals surface area contributed by atoms with Crippen molar-refractivity contribution in [3.8, 4) is 0 Å². The second-order valence-electron chi connectivity index (χ2n) is 4.24. The average Bonchev–Trinajstić information content (AvgIpc) is 2.38. The lowest BCUT2D eigenvalue weighted by Crippen LogP contribution is -2.21. The highest BCUT2D eigenvalue weighted by atomic mass is 19.1. The van der Waals surface area contributed by atoms with Crippen LogP contribution in [0.3, 0.4) is 0 Å². The minimum absolute atomic E-state index is 0.101. The van der Waals surface area contributed by atoms with E-state index in [1.54, 1.807) is 18.2 Å². The van der Waals surface area contributed by atoms with E-state index in [0.717, 1.165) is 18.4 Å². The molecule has 3 heteroatoms. The van der Waals surface area contributed by atoms with E-state index < -0.39 is 0 Å². The summed E-state index contributed by atoms with van der Waals surface area (Å²) in [7, 11) is 0. The highest BCUT2D eigenvalue weighted by molar-refractivity contribution is 5.91. The summed E-state index contributed by atoms with van der Waals surface area (Å²) in [6, 6.07) is 6.03. The summed E-state index contributed by atoms with van der Waals surface area (Å²) >= 11 is 0. The molecule has 0 unspecified atom stereocenters. The van der Waals surface area contributed by atoms with E-state index >= 15 is 0 Å². The van der Waals surface area contributed by atoms with E-state index in [-0.39, 0.29) is 11.7 Å². The van der Waals surface area contributed by atoms with Gasteiger partial charge in [-0.15, -0.1) is 0 Å². The van der Waals surface area contributed by atoms with Crippen molar-refractivity contribution in [2.75, 3.05) is 6.54 Å². The van der Waals surface area contributed by atoms with Crippen LogP contribution in [-0.2, 0) is 4.79 Å². The molecule has 0 radical (unpaired) electrons. The first-order chi connectivity index (χ1) is 8.72. The molecule has 1 aromatic carbocycles. The number of carbonyl (C=O) groups excluding carboxylic acids is 1. The van der Waals surface area contributed by atoms with Gasteiger partial charge in [0, 0.05) is 12.6 Å². The lowest BCUT2D eigenvalue weighted by atomic mass is 10.2. The summed E-state index contributed by atoms with van der Waals surface area (Å²) in [6.45, 7) is 2.87. The number of nitrogens with one attached hydrogen (secondary N) is 1. The smallest absolute Gasteiger partial charge is 0.243 e. The van der Waals surface area contributed by atoms with E-state index in [1.807, 2.05) is 0 Å². The predicted molar refractivity (Wildman–Crippen MR) is 72.6 cm³/mol. The molecular weight excluding hydrogens is 229 g/mol. The number of hydrogen-bond donors (Lipinski definition) is 1. The third-order valence-electron chi connectivity index (χ3n) is 2.63. The van der Waals surface area contributed by atoms with Crippen molar-refractivity contribution in [2.24, 2.45) is 0 Å². The zero-order valence-corrected chi connectivity index (χ0v) is 10.8. The summed E-state index contributed by atoms with van der Waals surface area (Å²) < 4.78 is 12.7. The minimum atomic E-state index is -0.271. The maximum Gasteiger partial charge on any atom is 0.243 e. The number of benzene rings is 1. The first-order valence-electron chi connectivity index (χ1n) is 6.44. The molecule has 0 fully saturated rings. The molecule has 0 aromatic heterocycles. The van der Waals surface area contributed by atoms with Crippen molar-refractivity contribution in [1.82, 2.24) is 5.32 Å². The molecular formula is C15H20FNO. The molecule has 0 aliphatic carbocycles. The molecule has 0 atom stereocenters. The van der Waals surface area contributed by atoms with Gasteiger partial charge < -0.3 is 5.32 Å². The molecule has 1 amide bonds. The number of unbranched alkanes of at least 4 members (excludes halogenated alkanes) is 3. The molecule has 18 heavy (non-hydrogen) atoms. The Kier molecular flexibility index (Phi) is 6.77. The third-order valence-corrected chi connectivity index (χ3v) is 2.63. The van der Waals surface area contributed by atoms with E-state index in [9.17, 15) is 9.18 Å². The molecule has 0 heterocycles. The maximum atomic E-state index is 12.7. The van der Waals surface area contributed by atoms with E-state index in [0.29, 0.717) is 6.54 Å². The zero-order valence-electron chi connectivity index (χ0n) is 10.8. The van der Waals surface area contributed by atoms with Crippen LogP contribution in [0.2, 0.25) is 0 Å².